The minimum absolute atomic E-state index is 0.00222. The second-order valence-electron chi connectivity index (χ2n) is 8.72. The van der Waals surface area contributed by atoms with Crippen molar-refractivity contribution < 1.29 is 27.5 Å². The molecule has 35 heavy (non-hydrogen) atoms. The summed E-state index contributed by atoms with van der Waals surface area (Å²) >= 11 is 0. The van der Waals surface area contributed by atoms with Crippen molar-refractivity contribution in [1.82, 2.24) is 10.2 Å². The fraction of sp³-hybridized carbons (Fsp3) is 0.259. The second kappa shape index (κ2) is 9.44. The number of methoxy groups -OCH3 is 1. The van der Waals surface area contributed by atoms with Crippen molar-refractivity contribution >= 4 is 11.8 Å². The molecule has 0 unspecified atom stereocenters. The van der Waals surface area contributed by atoms with Gasteiger partial charge in [-0.3, -0.25) is 9.59 Å². The van der Waals surface area contributed by atoms with E-state index in [0.717, 1.165) is 23.3 Å². The monoisotopic (exact) mass is 482 g/mol. The number of carbonyl (C=O) groups is 2. The summed E-state index contributed by atoms with van der Waals surface area (Å²) in [6.07, 6.45) is -4.17. The molecule has 0 bridgehead atoms. The van der Waals surface area contributed by atoms with Crippen LogP contribution in [0.4, 0.5) is 13.2 Å². The maximum Gasteiger partial charge on any atom is 0.416 e. The van der Waals surface area contributed by atoms with Crippen LogP contribution in [0, 0.1) is 0 Å². The predicted molar refractivity (Wildman–Crippen MR) is 125 cm³/mol. The molecule has 8 heteroatoms. The van der Waals surface area contributed by atoms with Gasteiger partial charge < -0.3 is 15.0 Å². The van der Waals surface area contributed by atoms with E-state index in [-0.39, 0.29) is 31.3 Å². The van der Waals surface area contributed by atoms with Crippen LogP contribution < -0.4 is 10.1 Å². The zero-order valence-corrected chi connectivity index (χ0v) is 19.4. The van der Waals surface area contributed by atoms with Gasteiger partial charge in [-0.15, -0.1) is 0 Å². The van der Waals surface area contributed by atoms with Gasteiger partial charge in [-0.05, 0) is 53.9 Å². The number of halogens is 3. The lowest BCUT2D eigenvalue weighted by Gasteiger charge is -2.44. The van der Waals surface area contributed by atoms with Crippen molar-refractivity contribution in [1.29, 1.82) is 0 Å². The predicted octanol–water partition coefficient (Wildman–Crippen LogP) is 4.99. The largest absolute Gasteiger partial charge is 0.497 e. The fourth-order valence-electron chi connectivity index (χ4n) is 4.27. The van der Waals surface area contributed by atoms with Gasteiger partial charge in [0.1, 0.15) is 11.3 Å². The SMILES string of the molecule is COc1ccc(CNC(=O)[C@@]2(C)Cc3ccccc3C(=O)N2Cc2ccc(C(F)(F)F)cc2)cc1. The highest BCUT2D eigenvalue weighted by Crippen LogP contribution is 2.34. The second-order valence-corrected chi connectivity index (χ2v) is 8.72. The molecule has 1 aliphatic heterocycles. The van der Waals surface area contributed by atoms with Gasteiger partial charge in [-0.25, -0.2) is 0 Å². The van der Waals surface area contributed by atoms with Gasteiger partial charge in [0.25, 0.3) is 5.91 Å². The lowest BCUT2D eigenvalue weighted by molar-refractivity contribution is -0.137. The van der Waals surface area contributed by atoms with Crippen molar-refractivity contribution in [2.24, 2.45) is 0 Å². The summed E-state index contributed by atoms with van der Waals surface area (Å²) in [7, 11) is 1.57. The molecule has 0 spiro atoms. The molecule has 0 fully saturated rings. The zero-order chi connectivity index (χ0) is 25.2. The Bertz CT molecular complexity index is 1220. The fourth-order valence-corrected chi connectivity index (χ4v) is 4.27. The first kappa shape index (κ1) is 24.3. The third kappa shape index (κ3) is 5.01. The molecular formula is C27H25F3N2O3. The third-order valence-electron chi connectivity index (χ3n) is 6.35. The first-order valence-electron chi connectivity index (χ1n) is 11.1. The smallest absolute Gasteiger partial charge is 0.416 e. The van der Waals surface area contributed by atoms with Crippen molar-refractivity contribution in [3.63, 3.8) is 0 Å². The van der Waals surface area contributed by atoms with Crippen molar-refractivity contribution in [3.8, 4) is 5.75 Å². The Hall–Kier alpha value is -3.81. The molecule has 0 saturated heterocycles. The lowest BCUT2D eigenvalue weighted by atomic mass is 9.82. The maximum atomic E-state index is 13.5. The van der Waals surface area contributed by atoms with Crippen LogP contribution in [0.1, 0.15) is 39.5 Å². The van der Waals surface area contributed by atoms with Crippen molar-refractivity contribution in [2.45, 2.75) is 38.1 Å². The summed E-state index contributed by atoms with van der Waals surface area (Å²) in [5.41, 5.74) is 0.597. The molecule has 182 valence electrons. The summed E-state index contributed by atoms with van der Waals surface area (Å²) < 4.78 is 44.1. The zero-order valence-electron chi connectivity index (χ0n) is 19.4. The summed E-state index contributed by atoms with van der Waals surface area (Å²) in [5, 5.41) is 2.92. The molecule has 1 aliphatic rings. The van der Waals surface area contributed by atoms with Gasteiger partial charge in [0.05, 0.1) is 12.7 Å². The molecule has 4 rings (SSSR count). The number of benzene rings is 3. The number of fused-ring (bicyclic) bond motifs is 1. The highest BCUT2D eigenvalue weighted by atomic mass is 19.4. The Morgan fingerprint density at radius 3 is 2.26 bits per heavy atom. The van der Waals surface area contributed by atoms with E-state index in [1.807, 2.05) is 24.3 Å². The summed E-state index contributed by atoms with van der Waals surface area (Å²) in [6, 6.07) is 19.0. The minimum atomic E-state index is -4.45. The molecule has 0 aliphatic carbocycles. The number of rotatable bonds is 6. The number of hydrogen-bond donors (Lipinski definition) is 1. The van der Waals surface area contributed by atoms with E-state index in [1.165, 1.54) is 17.0 Å². The molecule has 0 saturated carbocycles. The highest BCUT2D eigenvalue weighted by molar-refractivity contribution is 6.02. The molecular weight excluding hydrogens is 457 g/mol. The van der Waals surface area contributed by atoms with Crippen LogP contribution in [0.25, 0.3) is 0 Å². The Labute approximate surface area is 201 Å². The molecule has 0 radical (unpaired) electrons. The van der Waals surface area contributed by atoms with Crippen LogP contribution in [0.3, 0.4) is 0 Å². The number of ether oxygens (including phenoxy) is 1. The molecule has 0 aromatic heterocycles. The number of nitrogens with one attached hydrogen (secondary N) is 1. The average molecular weight is 483 g/mol. The number of alkyl halides is 3. The molecule has 3 aromatic carbocycles. The molecule has 1 N–H and O–H groups in total. The van der Waals surface area contributed by atoms with E-state index >= 15 is 0 Å². The van der Waals surface area contributed by atoms with E-state index in [0.29, 0.717) is 16.9 Å². The van der Waals surface area contributed by atoms with Crippen LogP contribution in [-0.4, -0.2) is 29.4 Å². The molecule has 2 amide bonds. The van der Waals surface area contributed by atoms with Gasteiger partial charge in [0.2, 0.25) is 5.91 Å². The van der Waals surface area contributed by atoms with Crippen LogP contribution in [0.2, 0.25) is 0 Å². The normalized spacial score (nSPS) is 17.6. The number of nitrogens with zero attached hydrogens (tertiary/aromatic N) is 1. The number of hydrogen-bond acceptors (Lipinski definition) is 3. The summed E-state index contributed by atoms with van der Waals surface area (Å²) in [5.74, 6) is 0.0150. The first-order chi connectivity index (χ1) is 16.6. The minimum Gasteiger partial charge on any atom is -0.497 e. The highest BCUT2D eigenvalue weighted by Gasteiger charge is 2.46. The Morgan fingerprint density at radius 1 is 1.00 bits per heavy atom. The van der Waals surface area contributed by atoms with Crippen LogP contribution >= 0.6 is 0 Å². The number of amides is 2. The van der Waals surface area contributed by atoms with Gasteiger partial charge in [-0.2, -0.15) is 13.2 Å². The van der Waals surface area contributed by atoms with Gasteiger partial charge in [-0.1, -0.05) is 42.5 Å². The average Bonchev–Trinajstić information content (AvgIpc) is 2.85. The molecule has 3 aromatic rings. The van der Waals surface area contributed by atoms with Crippen molar-refractivity contribution in [2.75, 3.05) is 7.11 Å². The van der Waals surface area contributed by atoms with Gasteiger partial charge in [0.15, 0.2) is 0 Å². The topological polar surface area (TPSA) is 58.6 Å². The van der Waals surface area contributed by atoms with Gasteiger partial charge >= 0.3 is 6.18 Å². The third-order valence-corrected chi connectivity index (χ3v) is 6.35. The molecule has 1 heterocycles. The van der Waals surface area contributed by atoms with Crippen LogP contribution in [-0.2, 0) is 30.5 Å². The van der Waals surface area contributed by atoms with E-state index in [4.69, 9.17) is 4.74 Å². The van der Waals surface area contributed by atoms with Gasteiger partial charge in [0, 0.05) is 25.1 Å². The maximum absolute atomic E-state index is 13.5. The Balaban J connectivity index is 1.60. The summed E-state index contributed by atoms with van der Waals surface area (Å²) in [4.78, 5) is 28.4. The summed E-state index contributed by atoms with van der Waals surface area (Å²) in [6.45, 7) is 1.94. The van der Waals surface area contributed by atoms with Crippen LogP contribution in [0.5, 0.6) is 5.75 Å². The van der Waals surface area contributed by atoms with E-state index in [9.17, 15) is 22.8 Å². The molecule has 5 nitrogen and oxygen atoms in total. The van der Waals surface area contributed by atoms with E-state index < -0.39 is 17.3 Å². The van der Waals surface area contributed by atoms with E-state index in [2.05, 4.69) is 5.32 Å². The first-order valence-corrected chi connectivity index (χ1v) is 11.1. The Morgan fingerprint density at radius 2 is 1.63 bits per heavy atom. The quantitative estimate of drug-likeness (QED) is 0.539. The standard InChI is InChI=1S/C27H25F3N2O3/c1-26(25(34)31-16-18-9-13-22(35-2)14-10-18)15-20-5-3-4-6-23(20)24(33)32(26)17-19-7-11-21(12-8-19)27(28,29)30/h3-14H,15-17H2,1-2H3,(H,31,34)/t26-/m1/s1. The lowest BCUT2D eigenvalue weighted by Crippen LogP contribution is -2.62. The Kier molecular flexibility index (Phi) is 6.56. The van der Waals surface area contributed by atoms with Crippen LogP contribution in [0.15, 0.2) is 72.8 Å². The molecule has 1 atom stereocenters. The van der Waals surface area contributed by atoms with E-state index in [1.54, 1.807) is 38.3 Å². The number of carbonyl (C=O) groups excluding carboxylic acids is 2. The van der Waals surface area contributed by atoms with Crippen molar-refractivity contribution in [3.05, 3.63) is 101 Å².